The second-order valence-electron chi connectivity index (χ2n) is 7.61. The zero-order chi connectivity index (χ0) is 19.6. The summed E-state index contributed by atoms with van der Waals surface area (Å²) in [6.45, 7) is 7.81. The van der Waals surface area contributed by atoms with E-state index in [1.54, 1.807) is 13.0 Å². The Kier molecular flexibility index (Phi) is 6.98. The van der Waals surface area contributed by atoms with Gasteiger partial charge in [-0.05, 0) is 19.8 Å². The topological polar surface area (TPSA) is 118 Å². The molecule has 0 amide bonds. The third kappa shape index (κ3) is 4.60. The maximum absolute atomic E-state index is 12.8. The van der Waals surface area contributed by atoms with Gasteiger partial charge in [0.1, 0.15) is 11.4 Å². The smallest absolute Gasteiger partial charge is 0.857 e. The van der Waals surface area contributed by atoms with E-state index >= 15 is 0 Å². The summed E-state index contributed by atoms with van der Waals surface area (Å²) >= 11 is 0. The molecule has 0 spiro atoms. The van der Waals surface area contributed by atoms with Gasteiger partial charge in [0.05, 0.1) is 12.6 Å². The van der Waals surface area contributed by atoms with Crippen LogP contribution in [0.5, 0.6) is 5.88 Å². The van der Waals surface area contributed by atoms with E-state index in [-0.39, 0.29) is 51.8 Å². The molecule has 0 bridgehead atoms. The summed E-state index contributed by atoms with van der Waals surface area (Å²) < 4.78 is 11.6. The third-order valence-electron chi connectivity index (χ3n) is 4.47. The molecule has 0 unspecified atom stereocenters. The molecular formula is C18H24N5NiO4+. The number of rotatable bonds is 5. The molecule has 9 nitrogen and oxygen atoms in total. The van der Waals surface area contributed by atoms with E-state index in [0.29, 0.717) is 5.76 Å². The van der Waals surface area contributed by atoms with Gasteiger partial charge in [-0.1, -0.05) is 38.8 Å². The Balaban J connectivity index is 0.00000280. The maximum atomic E-state index is 12.8. The zero-order valence-electron chi connectivity index (χ0n) is 16.4. The number of aromatic nitrogens is 3. The Hall–Kier alpha value is -2.22. The Labute approximate surface area is 173 Å². The van der Waals surface area contributed by atoms with E-state index in [9.17, 15) is 9.90 Å². The van der Waals surface area contributed by atoms with Crippen molar-refractivity contribution in [3.63, 3.8) is 0 Å². The van der Waals surface area contributed by atoms with Gasteiger partial charge in [-0.15, -0.1) is 10.2 Å². The number of hydrogen-bond donors (Lipinski definition) is 0. The monoisotopic (exact) mass is 432 g/mol. The van der Waals surface area contributed by atoms with Crippen molar-refractivity contribution in [2.24, 2.45) is 10.2 Å². The van der Waals surface area contributed by atoms with Gasteiger partial charge in [-0.3, -0.25) is 4.68 Å². The molecule has 28 heavy (non-hydrogen) atoms. The van der Waals surface area contributed by atoms with Crippen molar-refractivity contribution in [1.82, 2.24) is 14.9 Å². The fourth-order valence-electron chi connectivity index (χ4n) is 3.00. The van der Waals surface area contributed by atoms with E-state index < -0.39 is 11.8 Å². The molecule has 0 aliphatic heterocycles. The van der Waals surface area contributed by atoms with Crippen molar-refractivity contribution >= 4 is 17.5 Å². The molecular weight excluding hydrogens is 409 g/mol. The van der Waals surface area contributed by atoms with Gasteiger partial charge < -0.3 is 14.4 Å². The Morgan fingerprint density at radius 3 is 2.61 bits per heavy atom. The van der Waals surface area contributed by atoms with Crippen LogP contribution in [-0.4, -0.2) is 27.5 Å². The van der Waals surface area contributed by atoms with E-state index in [1.165, 1.54) is 4.68 Å². The van der Waals surface area contributed by atoms with Crippen LogP contribution in [0.3, 0.4) is 0 Å². The molecule has 2 aromatic rings. The van der Waals surface area contributed by atoms with E-state index in [0.717, 1.165) is 25.7 Å². The molecule has 0 atom stereocenters. The number of azo groups is 1. The minimum Gasteiger partial charge on any atom is -0.857 e. The minimum absolute atomic E-state index is 0. The average molecular weight is 433 g/mol. The van der Waals surface area contributed by atoms with E-state index in [4.69, 9.17) is 9.26 Å². The van der Waals surface area contributed by atoms with Gasteiger partial charge in [-0.2, -0.15) is 5.10 Å². The fourth-order valence-corrected chi connectivity index (χ4v) is 3.00. The summed E-state index contributed by atoms with van der Waals surface area (Å²) in [4.78, 5) is 12.2. The number of carbonyl (C=O) groups is 1. The third-order valence-corrected chi connectivity index (χ3v) is 4.47. The summed E-state index contributed by atoms with van der Waals surface area (Å²) in [7, 11) is 0. The summed E-state index contributed by atoms with van der Waals surface area (Å²) in [6.07, 6.45) is 3.77. The van der Waals surface area contributed by atoms with Crippen molar-refractivity contribution in [2.75, 3.05) is 6.61 Å². The molecule has 154 valence electrons. The molecule has 0 radical (unpaired) electrons. The SMILES string of the molecule is CCOC(=O)c1nn(C2CCCC2)c([O-])c1N=Nc1cc(C(C)(C)C)on1.[Ni+2]. The molecule has 0 aromatic carbocycles. The number of hydrogen-bond acceptors (Lipinski definition) is 8. The van der Waals surface area contributed by atoms with Gasteiger partial charge in [-0.25, -0.2) is 4.79 Å². The van der Waals surface area contributed by atoms with Crippen molar-refractivity contribution in [2.45, 2.75) is 64.8 Å². The minimum atomic E-state index is -0.684. The number of carbonyl (C=O) groups excluding carboxylic acids is 1. The van der Waals surface area contributed by atoms with Crippen LogP contribution in [0, 0.1) is 0 Å². The Morgan fingerprint density at radius 1 is 1.36 bits per heavy atom. The first-order valence-electron chi connectivity index (χ1n) is 9.16. The van der Waals surface area contributed by atoms with Crippen LogP contribution in [0.25, 0.3) is 0 Å². The molecule has 1 fully saturated rings. The Bertz CT molecular complexity index is 847. The van der Waals surface area contributed by atoms with Crippen molar-refractivity contribution in [1.29, 1.82) is 0 Å². The predicted octanol–water partition coefficient (Wildman–Crippen LogP) is 3.95. The molecule has 2 aromatic heterocycles. The van der Waals surface area contributed by atoms with Crippen LogP contribution in [0.2, 0.25) is 0 Å². The van der Waals surface area contributed by atoms with E-state index in [1.807, 2.05) is 20.8 Å². The van der Waals surface area contributed by atoms with Crippen LogP contribution in [0.15, 0.2) is 20.8 Å². The van der Waals surface area contributed by atoms with Crippen LogP contribution >= 0.6 is 0 Å². The van der Waals surface area contributed by atoms with Crippen LogP contribution in [0.1, 0.15) is 75.7 Å². The standard InChI is InChI=1S/C18H25N5O4.Ni/c1-5-26-17(25)15-14(16(24)23(21-15)11-8-6-7-9-11)20-19-13-10-12(27-22-13)18(2,3)4;/h10-11,24H,5-9H2,1-4H3;/q;+2/p-1. The molecule has 2 heterocycles. The molecule has 0 N–H and O–H groups in total. The fraction of sp³-hybridized carbons (Fsp3) is 0.611. The normalized spacial score (nSPS) is 15.1. The molecule has 1 aliphatic rings. The molecule has 3 rings (SSSR count). The summed E-state index contributed by atoms with van der Waals surface area (Å²) in [6, 6.07) is 1.63. The largest absolute Gasteiger partial charge is 2.00 e. The number of nitrogens with zero attached hydrogens (tertiary/aromatic N) is 5. The average Bonchev–Trinajstić information content (AvgIpc) is 3.32. The summed E-state index contributed by atoms with van der Waals surface area (Å²) in [5, 5.41) is 28.8. The first kappa shape index (κ1) is 22.1. The summed E-state index contributed by atoms with van der Waals surface area (Å²) in [5.41, 5.74) is -0.467. The molecule has 10 heteroatoms. The first-order chi connectivity index (χ1) is 12.8. The summed E-state index contributed by atoms with van der Waals surface area (Å²) in [5.74, 6) is -0.252. The Morgan fingerprint density at radius 2 is 2.04 bits per heavy atom. The second kappa shape index (κ2) is 8.86. The molecule has 1 aliphatic carbocycles. The van der Waals surface area contributed by atoms with Gasteiger partial charge in [0, 0.05) is 17.4 Å². The van der Waals surface area contributed by atoms with Gasteiger partial charge >= 0.3 is 22.5 Å². The number of esters is 1. The van der Waals surface area contributed by atoms with Crippen molar-refractivity contribution in [3.8, 4) is 5.88 Å². The van der Waals surface area contributed by atoms with Crippen molar-refractivity contribution < 1.29 is 35.7 Å². The number of ether oxygens (including phenoxy) is 1. The van der Waals surface area contributed by atoms with Crippen LogP contribution in [0.4, 0.5) is 11.5 Å². The first-order valence-corrected chi connectivity index (χ1v) is 9.16. The molecule has 0 saturated heterocycles. The van der Waals surface area contributed by atoms with Crippen LogP contribution < -0.4 is 5.11 Å². The van der Waals surface area contributed by atoms with Crippen LogP contribution in [-0.2, 0) is 26.6 Å². The molecule has 1 saturated carbocycles. The van der Waals surface area contributed by atoms with Gasteiger partial charge in [0.15, 0.2) is 5.69 Å². The van der Waals surface area contributed by atoms with Crippen molar-refractivity contribution in [3.05, 3.63) is 17.5 Å². The van der Waals surface area contributed by atoms with Gasteiger partial charge in [0.25, 0.3) is 0 Å². The second-order valence-corrected chi connectivity index (χ2v) is 7.61. The van der Waals surface area contributed by atoms with Gasteiger partial charge in [0.2, 0.25) is 5.82 Å². The quantitative estimate of drug-likeness (QED) is 0.401. The van der Waals surface area contributed by atoms with E-state index in [2.05, 4.69) is 20.5 Å². The zero-order valence-corrected chi connectivity index (χ0v) is 17.4. The predicted molar refractivity (Wildman–Crippen MR) is 94.5 cm³/mol. The maximum Gasteiger partial charge on any atom is 2.00 e.